The lowest BCUT2D eigenvalue weighted by Crippen LogP contribution is -1.91. The van der Waals surface area contributed by atoms with Crippen LogP contribution in [0.2, 0.25) is 0 Å². The molecule has 0 aliphatic carbocycles. The molecule has 0 spiro atoms. The minimum Gasteiger partial charge on any atom is -0.481 e. The zero-order chi connectivity index (χ0) is 9.10. The Morgan fingerprint density at radius 2 is 2.23 bits per heavy atom. The van der Waals surface area contributed by atoms with E-state index in [1.54, 1.807) is 6.07 Å². The summed E-state index contributed by atoms with van der Waals surface area (Å²) < 4.78 is 9.50. The SMILES string of the molecule is COc1cc(-c2ncon2)ncn1. The van der Waals surface area contributed by atoms with Crippen molar-refractivity contribution in [3.8, 4) is 17.4 Å². The molecular formula is C7H6N4O2. The highest BCUT2D eigenvalue weighted by molar-refractivity contribution is 5.48. The zero-order valence-electron chi connectivity index (χ0n) is 6.84. The highest BCUT2D eigenvalue weighted by atomic mass is 16.5. The summed E-state index contributed by atoms with van der Waals surface area (Å²) in [6.45, 7) is 0. The van der Waals surface area contributed by atoms with E-state index >= 15 is 0 Å². The second kappa shape index (κ2) is 3.18. The van der Waals surface area contributed by atoms with Crippen molar-refractivity contribution in [1.82, 2.24) is 20.1 Å². The van der Waals surface area contributed by atoms with Gasteiger partial charge in [0.2, 0.25) is 18.1 Å². The fourth-order valence-corrected chi connectivity index (χ4v) is 0.857. The second-order valence-corrected chi connectivity index (χ2v) is 2.20. The number of rotatable bonds is 2. The number of nitrogens with zero attached hydrogens (tertiary/aromatic N) is 4. The van der Waals surface area contributed by atoms with Gasteiger partial charge >= 0.3 is 0 Å². The third kappa shape index (κ3) is 1.46. The van der Waals surface area contributed by atoms with Crippen LogP contribution in [0.4, 0.5) is 0 Å². The Kier molecular flexibility index (Phi) is 1.87. The normalized spacial score (nSPS) is 9.92. The molecule has 0 saturated heterocycles. The Morgan fingerprint density at radius 1 is 1.31 bits per heavy atom. The lowest BCUT2D eigenvalue weighted by Gasteiger charge is -1.97. The Labute approximate surface area is 73.6 Å². The molecule has 0 unspecified atom stereocenters. The molecule has 2 rings (SSSR count). The predicted molar refractivity (Wildman–Crippen MR) is 41.9 cm³/mol. The van der Waals surface area contributed by atoms with E-state index in [-0.39, 0.29) is 0 Å². The second-order valence-electron chi connectivity index (χ2n) is 2.20. The topological polar surface area (TPSA) is 73.9 Å². The van der Waals surface area contributed by atoms with Crippen LogP contribution in [0.3, 0.4) is 0 Å². The summed E-state index contributed by atoms with van der Waals surface area (Å²) in [7, 11) is 1.53. The van der Waals surface area contributed by atoms with Crippen molar-refractivity contribution in [2.45, 2.75) is 0 Å². The van der Waals surface area contributed by atoms with Gasteiger partial charge in [-0.1, -0.05) is 5.16 Å². The van der Waals surface area contributed by atoms with Crippen molar-refractivity contribution in [2.24, 2.45) is 0 Å². The maximum Gasteiger partial charge on any atom is 0.221 e. The molecule has 0 aliphatic heterocycles. The number of hydrogen-bond acceptors (Lipinski definition) is 6. The van der Waals surface area contributed by atoms with Crippen LogP contribution in [-0.2, 0) is 0 Å². The van der Waals surface area contributed by atoms with Crippen LogP contribution in [-0.4, -0.2) is 27.2 Å². The van der Waals surface area contributed by atoms with Gasteiger partial charge in [-0.3, -0.25) is 0 Å². The van der Waals surface area contributed by atoms with Crippen LogP contribution in [0, 0.1) is 0 Å². The molecule has 0 radical (unpaired) electrons. The largest absolute Gasteiger partial charge is 0.481 e. The quantitative estimate of drug-likeness (QED) is 0.667. The van der Waals surface area contributed by atoms with E-state index in [1.807, 2.05) is 0 Å². The molecule has 66 valence electrons. The summed E-state index contributed by atoms with van der Waals surface area (Å²) in [5.41, 5.74) is 0.570. The monoisotopic (exact) mass is 178 g/mol. The molecule has 2 aromatic heterocycles. The van der Waals surface area contributed by atoms with Crippen LogP contribution >= 0.6 is 0 Å². The lowest BCUT2D eigenvalue weighted by molar-refractivity contribution is 0.396. The number of methoxy groups -OCH3 is 1. The molecular weight excluding hydrogens is 172 g/mol. The summed E-state index contributed by atoms with van der Waals surface area (Å²) in [6, 6.07) is 1.63. The summed E-state index contributed by atoms with van der Waals surface area (Å²) in [4.78, 5) is 11.6. The van der Waals surface area contributed by atoms with Crippen LogP contribution < -0.4 is 4.74 Å². The molecule has 13 heavy (non-hydrogen) atoms. The molecule has 0 atom stereocenters. The summed E-state index contributed by atoms with van der Waals surface area (Å²) in [5, 5.41) is 3.63. The van der Waals surface area contributed by atoms with Gasteiger partial charge in [-0.15, -0.1) is 0 Å². The maximum absolute atomic E-state index is 4.92. The van der Waals surface area contributed by atoms with E-state index < -0.39 is 0 Å². The van der Waals surface area contributed by atoms with Gasteiger partial charge in [0.25, 0.3) is 0 Å². The Bertz CT molecular complexity index is 387. The summed E-state index contributed by atoms with van der Waals surface area (Å²) in [5.74, 6) is 0.885. The molecule has 0 N–H and O–H groups in total. The van der Waals surface area contributed by atoms with Crippen molar-refractivity contribution in [3.63, 3.8) is 0 Å². The standard InChI is InChI=1S/C7H6N4O2/c1-12-6-2-5(8-3-9-6)7-10-4-13-11-7/h2-4H,1H3. The molecule has 2 heterocycles. The number of ether oxygens (including phenoxy) is 1. The average molecular weight is 178 g/mol. The van der Waals surface area contributed by atoms with Gasteiger partial charge in [0.15, 0.2) is 0 Å². The van der Waals surface area contributed by atoms with Gasteiger partial charge in [-0.25, -0.2) is 9.97 Å². The first-order chi connectivity index (χ1) is 6.40. The van der Waals surface area contributed by atoms with Crippen molar-refractivity contribution >= 4 is 0 Å². The molecule has 0 aromatic carbocycles. The molecule has 6 nitrogen and oxygen atoms in total. The van der Waals surface area contributed by atoms with E-state index in [4.69, 9.17) is 4.74 Å². The van der Waals surface area contributed by atoms with Crippen molar-refractivity contribution < 1.29 is 9.26 Å². The van der Waals surface area contributed by atoms with E-state index in [2.05, 4.69) is 24.6 Å². The highest BCUT2D eigenvalue weighted by Gasteiger charge is 2.05. The van der Waals surface area contributed by atoms with Crippen molar-refractivity contribution in [2.75, 3.05) is 7.11 Å². The lowest BCUT2D eigenvalue weighted by atomic mass is 10.4. The fraction of sp³-hybridized carbons (Fsp3) is 0.143. The van der Waals surface area contributed by atoms with E-state index in [1.165, 1.54) is 19.8 Å². The molecule has 0 fully saturated rings. The van der Waals surface area contributed by atoms with Crippen LogP contribution in [0.15, 0.2) is 23.3 Å². The first kappa shape index (κ1) is 7.66. The third-order valence-electron chi connectivity index (χ3n) is 1.44. The number of aromatic nitrogens is 4. The average Bonchev–Trinajstić information content (AvgIpc) is 2.71. The molecule has 2 aromatic rings. The van der Waals surface area contributed by atoms with Crippen LogP contribution in [0.1, 0.15) is 0 Å². The van der Waals surface area contributed by atoms with Gasteiger partial charge in [-0.2, -0.15) is 4.98 Å². The van der Waals surface area contributed by atoms with E-state index in [0.717, 1.165) is 0 Å². The zero-order valence-corrected chi connectivity index (χ0v) is 6.84. The smallest absolute Gasteiger partial charge is 0.221 e. The molecule has 6 heteroatoms. The first-order valence-corrected chi connectivity index (χ1v) is 3.53. The third-order valence-corrected chi connectivity index (χ3v) is 1.44. The van der Waals surface area contributed by atoms with Gasteiger partial charge in [0.05, 0.1) is 7.11 Å². The van der Waals surface area contributed by atoms with Crippen molar-refractivity contribution in [3.05, 3.63) is 18.8 Å². The Balaban J connectivity index is 2.41. The van der Waals surface area contributed by atoms with Gasteiger partial charge in [0.1, 0.15) is 12.0 Å². The molecule has 0 amide bonds. The molecule has 0 aliphatic rings. The van der Waals surface area contributed by atoms with Gasteiger partial charge < -0.3 is 9.26 Å². The molecule has 0 bridgehead atoms. The fourth-order valence-electron chi connectivity index (χ4n) is 0.857. The first-order valence-electron chi connectivity index (χ1n) is 3.53. The predicted octanol–water partition coefficient (Wildman–Crippen LogP) is 0.535. The summed E-state index contributed by atoms with van der Waals surface area (Å²) >= 11 is 0. The Hall–Kier alpha value is -1.98. The van der Waals surface area contributed by atoms with Crippen LogP contribution in [0.5, 0.6) is 5.88 Å². The highest BCUT2D eigenvalue weighted by Crippen LogP contribution is 2.14. The Morgan fingerprint density at radius 3 is 2.92 bits per heavy atom. The minimum atomic E-state index is 0.417. The van der Waals surface area contributed by atoms with E-state index in [9.17, 15) is 0 Å². The van der Waals surface area contributed by atoms with Crippen LogP contribution in [0.25, 0.3) is 11.5 Å². The maximum atomic E-state index is 4.92. The van der Waals surface area contributed by atoms with Crippen molar-refractivity contribution in [1.29, 1.82) is 0 Å². The van der Waals surface area contributed by atoms with E-state index in [0.29, 0.717) is 17.4 Å². The van der Waals surface area contributed by atoms with Gasteiger partial charge in [0, 0.05) is 6.07 Å². The number of hydrogen-bond donors (Lipinski definition) is 0. The minimum absolute atomic E-state index is 0.417. The summed E-state index contributed by atoms with van der Waals surface area (Å²) in [6.07, 6.45) is 2.62. The van der Waals surface area contributed by atoms with Gasteiger partial charge in [-0.05, 0) is 0 Å². The molecule has 0 saturated carbocycles.